The van der Waals surface area contributed by atoms with Crippen molar-refractivity contribution in [1.82, 2.24) is 9.55 Å². The van der Waals surface area contributed by atoms with Crippen molar-refractivity contribution in [3.8, 4) is 34.0 Å². The van der Waals surface area contributed by atoms with Gasteiger partial charge in [-0.3, -0.25) is 4.98 Å². The van der Waals surface area contributed by atoms with Crippen molar-refractivity contribution < 1.29 is 0 Å². The second-order valence-electron chi connectivity index (χ2n) is 13.5. The smallest absolute Gasteiger partial charge is 0.212 e. The SMILES string of the molecule is [C-]#[N+]c1c(C#N)cccc1-c1cccc(-c2cc(N3c4ccccc4C(C)(C)c4ccccc43)cc(-n3c4ccccc4c4cnccc43)c2)c1. The van der Waals surface area contributed by atoms with Crippen molar-refractivity contribution in [2.45, 2.75) is 19.3 Å². The van der Waals surface area contributed by atoms with Crippen LogP contribution in [0.5, 0.6) is 0 Å². The standard InChI is InChI=1S/C46H31N5/c1-46(2)39-17-5-8-20-43(39)51(44-21-9-6-18-40(44)46)35-26-33(30-12-10-13-31(24-30)36-16-11-14-32(28-47)45(36)48-3)25-34(27-35)50-41-19-7-4-15-37(41)38-29-49-23-22-42(38)50/h4-27,29H,1-2H3. The molecule has 0 saturated heterocycles. The summed E-state index contributed by atoms with van der Waals surface area (Å²) in [5.41, 5.74) is 13.3. The summed E-state index contributed by atoms with van der Waals surface area (Å²) in [5, 5.41) is 12.0. The Hall–Kier alpha value is -6.95. The summed E-state index contributed by atoms with van der Waals surface area (Å²) in [5.74, 6) is 0. The zero-order chi connectivity index (χ0) is 34.7. The maximum atomic E-state index is 9.75. The number of benzene rings is 6. The van der Waals surface area contributed by atoms with Gasteiger partial charge in [0, 0.05) is 40.0 Å². The van der Waals surface area contributed by atoms with Gasteiger partial charge in [0.1, 0.15) is 0 Å². The van der Waals surface area contributed by atoms with E-state index in [0.29, 0.717) is 11.3 Å². The molecular formula is C46H31N5. The fraction of sp³-hybridized carbons (Fsp3) is 0.0652. The molecule has 9 rings (SSSR count). The second-order valence-corrected chi connectivity index (χ2v) is 13.5. The highest BCUT2D eigenvalue weighted by Gasteiger charge is 2.36. The van der Waals surface area contributed by atoms with Gasteiger partial charge in [-0.1, -0.05) is 105 Å². The minimum Gasteiger partial charge on any atom is -0.310 e. The number of anilines is 3. The molecule has 5 nitrogen and oxygen atoms in total. The number of nitriles is 1. The molecule has 6 aromatic carbocycles. The highest BCUT2D eigenvalue weighted by molar-refractivity contribution is 6.09. The second kappa shape index (κ2) is 11.6. The Labute approximate surface area is 296 Å². The topological polar surface area (TPSA) is 49.2 Å². The van der Waals surface area contributed by atoms with E-state index in [-0.39, 0.29) is 5.41 Å². The molecule has 0 bridgehead atoms. The van der Waals surface area contributed by atoms with E-state index in [1.165, 1.54) is 11.1 Å². The van der Waals surface area contributed by atoms with Gasteiger partial charge in [-0.15, -0.1) is 0 Å². The van der Waals surface area contributed by atoms with Gasteiger partial charge in [-0.25, -0.2) is 4.85 Å². The molecule has 0 aliphatic carbocycles. The van der Waals surface area contributed by atoms with Crippen LogP contribution in [0.15, 0.2) is 152 Å². The maximum Gasteiger partial charge on any atom is 0.212 e. The summed E-state index contributed by atoms with van der Waals surface area (Å²) in [7, 11) is 0. The van der Waals surface area contributed by atoms with Gasteiger partial charge in [0.2, 0.25) is 5.69 Å². The van der Waals surface area contributed by atoms with Crippen LogP contribution in [-0.2, 0) is 5.41 Å². The molecule has 0 amide bonds. The molecule has 0 saturated carbocycles. The van der Waals surface area contributed by atoms with Crippen molar-refractivity contribution in [1.29, 1.82) is 5.26 Å². The molecule has 1 aliphatic rings. The largest absolute Gasteiger partial charge is 0.310 e. The minimum absolute atomic E-state index is 0.184. The third-order valence-corrected chi connectivity index (χ3v) is 10.3. The number of fused-ring (bicyclic) bond motifs is 5. The van der Waals surface area contributed by atoms with Crippen molar-refractivity contribution in [2.75, 3.05) is 4.90 Å². The lowest BCUT2D eigenvalue weighted by Crippen LogP contribution is -2.30. The van der Waals surface area contributed by atoms with Crippen LogP contribution in [0.2, 0.25) is 0 Å². The average Bonchev–Trinajstić information content (AvgIpc) is 3.52. The van der Waals surface area contributed by atoms with E-state index in [2.05, 4.69) is 148 Å². The van der Waals surface area contributed by atoms with E-state index in [9.17, 15) is 5.26 Å². The van der Waals surface area contributed by atoms with Crippen LogP contribution in [0.4, 0.5) is 22.7 Å². The maximum absolute atomic E-state index is 9.75. The lowest BCUT2D eigenvalue weighted by molar-refractivity contribution is 0.632. The molecular weight excluding hydrogens is 623 g/mol. The van der Waals surface area contributed by atoms with Crippen LogP contribution in [0.3, 0.4) is 0 Å². The predicted octanol–water partition coefficient (Wildman–Crippen LogP) is 12.0. The molecule has 5 heteroatoms. The van der Waals surface area contributed by atoms with Gasteiger partial charge in [0.05, 0.1) is 40.6 Å². The van der Waals surface area contributed by atoms with Crippen LogP contribution in [0, 0.1) is 17.9 Å². The first-order valence-electron chi connectivity index (χ1n) is 17.0. The first kappa shape index (κ1) is 30.1. The highest BCUT2D eigenvalue weighted by atomic mass is 15.2. The first-order chi connectivity index (χ1) is 25.0. The quantitative estimate of drug-likeness (QED) is 0.178. The van der Waals surface area contributed by atoms with E-state index < -0.39 is 0 Å². The minimum atomic E-state index is -0.184. The van der Waals surface area contributed by atoms with Crippen LogP contribution < -0.4 is 4.90 Å². The Morgan fingerprint density at radius 2 is 1.31 bits per heavy atom. The fourth-order valence-corrected chi connectivity index (χ4v) is 7.91. The summed E-state index contributed by atoms with van der Waals surface area (Å²) < 4.78 is 2.34. The summed E-state index contributed by atoms with van der Waals surface area (Å²) in [6.07, 6.45) is 3.81. The molecule has 0 spiro atoms. The number of aromatic nitrogens is 2. The van der Waals surface area contributed by atoms with Crippen molar-refractivity contribution in [3.05, 3.63) is 180 Å². The summed E-state index contributed by atoms with van der Waals surface area (Å²) in [6.45, 7) is 12.5. The summed E-state index contributed by atoms with van der Waals surface area (Å²) in [6, 6.07) is 50.8. The van der Waals surface area contributed by atoms with E-state index in [4.69, 9.17) is 6.57 Å². The zero-order valence-corrected chi connectivity index (χ0v) is 28.2. The predicted molar refractivity (Wildman–Crippen MR) is 207 cm³/mol. The van der Waals surface area contributed by atoms with Gasteiger partial charge < -0.3 is 9.47 Å². The highest BCUT2D eigenvalue weighted by Crippen LogP contribution is 2.52. The Kier molecular flexibility index (Phi) is 6.85. The van der Waals surface area contributed by atoms with Crippen molar-refractivity contribution in [2.24, 2.45) is 0 Å². The normalized spacial score (nSPS) is 13.0. The number of hydrogen-bond donors (Lipinski definition) is 0. The van der Waals surface area contributed by atoms with Gasteiger partial charge in [0.25, 0.3) is 0 Å². The van der Waals surface area contributed by atoms with Crippen LogP contribution in [0.25, 0.3) is 54.6 Å². The molecule has 0 fully saturated rings. The Bertz CT molecular complexity index is 2670. The Morgan fingerprint density at radius 1 is 0.647 bits per heavy atom. The van der Waals surface area contributed by atoms with Crippen LogP contribution in [-0.4, -0.2) is 9.55 Å². The molecule has 3 heterocycles. The number of rotatable bonds is 4. The van der Waals surface area contributed by atoms with Gasteiger partial charge >= 0.3 is 0 Å². The van der Waals surface area contributed by atoms with E-state index in [1.54, 1.807) is 6.07 Å². The molecule has 1 aliphatic heterocycles. The Balaban J connectivity index is 1.34. The number of pyridine rings is 1. The monoisotopic (exact) mass is 653 g/mol. The molecule has 0 atom stereocenters. The van der Waals surface area contributed by atoms with Gasteiger partial charge in [0.15, 0.2) is 0 Å². The number of para-hydroxylation sites is 4. The van der Waals surface area contributed by atoms with Crippen molar-refractivity contribution in [3.63, 3.8) is 0 Å². The molecule has 0 N–H and O–H groups in total. The van der Waals surface area contributed by atoms with Gasteiger partial charge in [-0.05, 0) is 81.9 Å². The summed E-state index contributed by atoms with van der Waals surface area (Å²) >= 11 is 0. The first-order valence-corrected chi connectivity index (χ1v) is 17.0. The van der Waals surface area contributed by atoms with Crippen LogP contribution >= 0.6 is 0 Å². The molecule has 2 aromatic heterocycles. The lowest BCUT2D eigenvalue weighted by Gasteiger charge is -2.42. The van der Waals surface area contributed by atoms with Gasteiger partial charge in [-0.2, -0.15) is 5.26 Å². The van der Waals surface area contributed by atoms with E-state index in [1.807, 2.05) is 36.7 Å². The van der Waals surface area contributed by atoms with E-state index >= 15 is 0 Å². The number of hydrogen-bond acceptors (Lipinski definition) is 3. The molecule has 8 aromatic rings. The van der Waals surface area contributed by atoms with E-state index in [0.717, 1.165) is 66.8 Å². The third-order valence-electron chi connectivity index (χ3n) is 10.3. The molecule has 51 heavy (non-hydrogen) atoms. The zero-order valence-electron chi connectivity index (χ0n) is 28.2. The molecule has 240 valence electrons. The van der Waals surface area contributed by atoms with Crippen molar-refractivity contribution >= 4 is 44.6 Å². The third kappa shape index (κ3) is 4.64. The Morgan fingerprint density at radius 3 is 2.08 bits per heavy atom. The molecule has 0 unspecified atom stereocenters. The fourth-order valence-electron chi connectivity index (χ4n) is 7.91. The van der Waals surface area contributed by atoms with Crippen LogP contribution in [0.1, 0.15) is 30.5 Å². The molecule has 0 radical (unpaired) electrons. The lowest BCUT2D eigenvalue weighted by atomic mass is 9.73. The average molecular weight is 654 g/mol. The summed E-state index contributed by atoms with van der Waals surface area (Å²) in [4.78, 5) is 10.7. The number of nitrogens with zero attached hydrogens (tertiary/aromatic N) is 5.